The van der Waals surface area contributed by atoms with Gasteiger partial charge in [-0.3, -0.25) is 14.5 Å². The summed E-state index contributed by atoms with van der Waals surface area (Å²) in [6, 6.07) is -0.383. The average Bonchev–Trinajstić information content (AvgIpc) is 2.26. The number of ketones is 1. The molecule has 1 fully saturated rings. The van der Waals surface area contributed by atoms with Gasteiger partial charge in [0.2, 0.25) is 5.91 Å². The number of Topliss-reactive ketones (excluding diaryl/α,β-unsaturated/α-hetero) is 1. The van der Waals surface area contributed by atoms with Crippen LogP contribution < -0.4 is 5.32 Å². The van der Waals surface area contributed by atoms with Gasteiger partial charge in [0.15, 0.2) is 5.78 Å². The molecule has 86 valence electrons. The monoisotopic (exact) mass is 218 g/mol. The van der Waals surface area contributed by atoms with E-state index in [1.54, 1.807) is 0 Å². The average molecular weight is 218 g/mol. The highest BCUT2D eigenvalue weighted by atomic mass is 19.1. The summed E-state index contributed by atoms with van der Waals surface area (Å²) in [5.74, 6) is -0.915. The summed E-state index contributed by atoms with van der Waals surface area (Å²) in [4.78, 5) is 24.0. The van der Waals surface area contributed by atoms with Gasteiger partial charge >= 0.3 is 0 Å². The van der Waals surface area contributed by atoms with Crippen LogP contribution in [0.5, 0.6) is 0 Å². The topological polar surface area (TPSA) is 58.6 Å². The summed E-state index contributed by atoms with van der Waals surface area (Å²) < 4.78 is 17.0. The number of morpholine rings is 1. The maximum Gasteiger partial charge on any atom is 0.240 e. The Hall–Kier alpha value is -1.01. The van der Waals surface area contributed by atoms with Gasteiger partial charge in [-0.25, -0.2) is 4.39 Å². The Morgan fingerprint density at radius 1 is 1.60 bits per heavy atom. The van der Waals surface area contributed by atoms with Crippen LogP contribution in [0.4, 0.5) is 4.39 Å². The molecule has 0 aliphatic carbocycles. The number of hydrogen-bond acceptors (Lipinski definition) is 4. The maximum absolute atomic E-state index is 11.8. The number of carbonyl (C=O) groups is 2. The third kappa shape index (κ3) is 3.56. The zero-order chi connectivity index (χ0) is 11.3. The van der Waals surface area contributed by atoms with Gasteiger partial charge in [-0.05, 0) is 7.05 Å². The minimum atomic E-state index is -1.04. The number of carbonyl (C=O) groups excluding carboxylic acids is 2. The van der Waals surface area contributed by atoms with Crippen LogP contribution in [0.2, 0.25) is 0 Å². The fourth-order valence-corrected chi connectivity index (χ4v) is 1.31. The van der Waals surface area contributed by atoms with E-state index < -0.39 is 12.5 Å². The molecule has 0 aromatic rings. The molecule has 1 aliphatic heterocycles. The van der Waals surface area contributed by atoms with Crippen molar-refractivity contribution < 1.29 is 18.7 Å². The van der Waals surface area contributed by atoms with Gasteiger partial charge in [0.1, 0.15) is 12.7 Å². The molecular weight excluding hydrogens is 203 g/mol. The number of nitrogens with one attached hydrogen (secondary N) is 1. The van der Waals surface area contributed by atoms with Crippen molar-refractivity contribution in [2.24, 2.45) is 0 Å². The van der Waals surface area contributed by atoms with E-state index in [2.05, 4.69) is 5.32 Å². The van der Waals surface area contributed by atoms with E-state index in [4.69, 9.17) is 4.74 Å². The van der Waals surface area contributed by atoms with Crippen LogP contribution in [-0.2, 0) is 14.3 Å². The highest BCUT2D eigenvalue weighted by molar-refractivity contribution is 5.88. The van der Waals surface area contributed by atoms with Gasteiger partial charge in [-0.2, -0.15) is 0 Å². The SMILES string of the molecule is CN1CCOCC1C(=O)NCC(=O)CF. The van der Waals surface area contributed by atoms with Gasteiger partial charge in [-0.15, -0.1) is 0 Å². The largest absolute Gasteiger partial charge is 0.378 e. The molecule has 0 aromatic heterocycles. The van der Waals surface area contributed by atoms with Crippen molar-refractivity contribution in [3.05, 3.63) is 0 Å². The standard InChI is InChI=1S/C9H15FN2O3/c1-12-2-3-15-6-8(12)9(14)11-5-7(13)4-10/h8H,2-6H2,1H3,(H,11,14). The second-order valence-corrected chi connectivity index (χ2v) is 3.46. The smallest absolute Gasteiger partial charge is 0.240 e. The summed E-state index contributed by atoms with van der Waals surface area (Å²) in [5.41, 5.74) is 0. The molecule has 0 aromatic carbocycles. The minimum Gasteiger partial charge on any atom is -0.378 e. The summed E-state index contributed by atoms with van der Waals surface area (Å²) in [6.07, 6.45) is 0. The van der Waals surface area contributed by atoms with Crippen LogP contribution in [0.25, 0.3) is 0 Å². The van der Waals surface area contributed by atoms with E-state index in [1.165, 1.54) is 0 Å². The highest BCUT2D eigenvalue weighted by Gasteiger charge is 2.26. The van der Waals surface area contributed by atoms with Crippen molar-refractivity contribution in [1.82, 2.24) is 10.2 Å². The summed E-state index contributed by atoms with van der Waals surface area (Å²) in [6.45, 7) is 0.294. The molecule has 1 atom stereocenters. The van der Waals surface area contributed by atoms with Gasteiger partial charge in [0.05, 0.1) is 19.8 Å². The Morgan fingerprint density at radius 2 is 2.33 bits per heavy atom. The number of hydrogen-bond donors (Lipinski definition) is 1. The lowest BCUT2D eigenvalue weighted by Crippen LogP contribution is -2.52. The Kier molecular flexibility index (Phi) is 4.64. The van der Waals surface area contributed by atoms with Crippen LogP contribution in [0.3, 0.4) is 0 Å². The lowest BCUT2D eigenvalue weighted by atomic mass is 10.2. The van der Waals surface area contributed by atoms with Crippen molar-refractivity contribution in [2.45, 2.75) is 6.04 Å². The summed E-state index contributed by atoms with van der Waals surface area (Å²) in [7, 11) is 1.81. The van der Waals surface area contributed by atoms with Crippen LogP contribution in [0.15, 0.2) is 0 Å². The van der Waals surface area contributed by atoms with Gasteiger partial charge in [-0.1, -0.05) is 0 Å². The second-order valence-electron chi connectivity index (χ2n) is 3.46. The van der Waals surface area contributed by atoms with E-state index in [-0.39, 0.29) is 18.5 Å². The normalized spacial score (nSPS) is 22.4. The summed E-state index contributed by atoms with van der Waals surface area (Å²) >= 11 is 0. The molecule has 1 amide bonds. The van der Waals surface area contributed by atoms with Crippen molar-refractivity contribution >= 4 is 11.7 Å². The zero-order valence-electron chi connectivity index (χ0n) is 8.66. The molecule has 6 heteroatoms. The van der Waals surface area contributed by atoms with E-state index in [0.717, 1.165) is 0 Å². The first kappa shape index (κ1) is 12.1. The maximum atomic E-state index is 11.8. The molecule has 1 unspecified atom stereocenters. The van der Waals surface area contributed by atoms with E-state index >= 15 is 0 Å². The number of amides is 1. The van der Waals surface area contributed by atoms with Crippen molar-refractivity contribution in [1.29, 1.82) is 0 Å². The van der Waals surface area contributed by atoms with Gasteiger partial charge in [0.25, 0.3) is 0 Å². The van der Waals surface area contributed by atoms with Crippen LogP contribution in [0, 0.1) is 0 Å². The van der Waals surface area contributed by atoms with Crippen molar-refractivity contribution in [3.63, 3.8) is 0 Å². The predicted molar refractivity (Wildman–Crippen MR) is 51.2 cm³/mol. The molecule has 15 heavy (non-hydrogen) atoms. The minimum absolute atomic E-state index is 0.250. The molecule has 1 aliphatic rings. The lowest BCUT2D eigenvalue weighted by molar-refractivity contribution is -0.133. The Bertz CT molecular complexity index is 248. The molecule has 5 nitrogen and oxygen atoms in total. The van der Waals surface area contributed by atoms with E-state index in [9.17, 15) is 14.0 Å². The van der Waals surface area contributed by atoms with Crippen LogP contribution in [-0.4, -0.2) is 62.7 Å². The van der Waals surface area contributed by atoms with Crippen LogP contribution in [0.1, 0.15) is 0 Å². The number of halogens is 1. The van der Waals surface area contributed by atoms with Crippen molar-refractivity contribution in [2.75, 3.05) is 40.0 Å². The molecule has 0 saturated carbocycles. The molecule has 1 rings (SSSR count). The number of alkyl halides is 1. The summed E-state index contributed by atoms with van der Waals surface area (Å²) in [5, 5.41) is 2.38. The number of nitrogens with zero attached hydrogens (tertiary/aromatic N) is 1. The molecule has 1 saturated heterocycles. The fourth-order valence-electron chi connectivity index (χ4n) is 1.31. The molecule has 0 radical (unpaired) electrons. The highest BCUT2D eigenvalue weighted by Crippen LogP contribution is 2.03. The molecule has 0 spiro atoms. The Morgan fingerprint density at radius 3 is 2.93 bits per heavy atom. The Balaban J connectivity index is 2.35. The number of rotatable bonds is 4. The number of likely N-dealkylation sites (N-methyl/N-ethyl adjacent to an activating group) is 1. The first-order valence-electron chi connectivity index (χ1n) is 4.78. The molecule has 1 heterocycles. The number of ether oxygens (including phenoxy) is 1. The zero-order valence-corrected chi connectivity index (χ0v) is 8.66. The first-order chi connectivity index (χ1) is 7.15. The fraction of sp³-hybridized carbons (Fsp3) is 0.778. The molecule has 0 bridgehead atoms. The third-order valence-electron chi connectivity index (χ3n) is 2.31. The predicted octanol–water partition coefficient (Wildman–Crippen LogP) is -1.03. The van der Waals surface area contributed by atoms with E-state index in [1.807, 2.05) is 11.9 Å². The van der Waals surface area contributed by atoms with Crippen LogP contribution >= 0.6 is 0 Å². The molecular formula is C9H15FN2O3. The first-order valence-corrected chi connectivity index (χ1v) is 4.78. The van der Waals surface area contributed by atoms with Crippen molar-refractivity contribution in [3.8, 4) is 0 Å². The quantitative estimate of drug-likeness (QED) is 0.655. The third-order valence-corrected chi connectivity index (χ3v) is 2.31. The second kappa shape index (κ2) is 5.77. The lowest BCUT2D eigenvalue weighted by Gasteiger charge is -2.31. The van der Waals surface area contributed by atoms with Gasteiger partial charge in [0, 0.05) is 6.54 Å². The van der Waals surface area contributed by atoms with E-state index in [0.29, 0.717) is 19.8 Å². The molecule has 1 N–H and O–H groups in total. The van der Waals surface area contributed by atoms with Gasteiger partial charge < -0.3 is 10.1 Å². The Labute approximate surface area is 87.6 Å².